The van der Waals surface area contributed by atoms with Gasteiger partial charge in [-0.25, -0.2) is 9.97 Å². The quantitative estimate of drug-likeness (QED) is 0.826. The Kier molecular flexibility index (Phi) is 2.97. The third-order valence-corrected chi connectivity index (χ3v) is 3.89. The van der Waals surface area contributed by atoms with Crippen molar-refractivity contribution in [1.29, 1.82) is 0 Å². The van der Waals surface area contributed by atoms with Crippen LogP contribution in [-0.2, 0) is 12.8 Å². The molecule has 92 valence electrons. The van der Waals surface area contributed by atoms with Crippen molar-refractivity contribution in [2.45, 2.75) is 44.6 Å². The van der Waals surface area contributed by atoms with Gasteiger partial charge < -0.3 is 11.1 Å². The molecule has 0 aliphatic heterocycles. The van der Waals surface area contributed by atoms with Gasteiger partial charge >= 0.3 is 0 Å². The summed E-state index contributed by atoms with van der Waals surface area (Å²) in [6, 6.07) is 0.399. The SMILES string of the molecule is NCC(Nc1ncnc2c1CCCC2)C1CC1. The molecule has 0 amide bonds. The minimum absolute atomic E-state index is 0.399. The molecular weight excluding hydrogens is 212 g/mol. The fourth-order valence-corrected chi connectivity index (χ4v) is 2.69. The Bertz CT molecular complexity index is 400. The van der Waals surface area contributed by atoms with Crippen molar-refractivity contribution in [2.24, 2.45) is 11.7 Å². The highest BCUT2D eigenvalue weighted by Crippen LogP contribution is 2.34. The van der Waals surface area contributed by atoms with Crippen LogP contribution in [0.15, 0.2) is 6.33 Å². The third-order valence-electron chi connectivity index (χ3n) is 3.89. The first-order valence-electron chi connectivity index (χ1n) is 6.68. The molecule has 1 heterocycles. The van der Waals surface area contributed by atoms with E-state index in [1.54, 1.807) is 6.33 Å². The van der Waals surface area contributed by atoms with E-state index in [0.717, 1.165) is 24.6 Å². The van der Waals surface area contributed by atoms with Crippen LogP contribution in [0.5, 0.6) is 0 Å². The second-order valence-corrected chi connectivity index (χ2v) is 5.18. The maximum atomic E-state index is 5.83. The van der Waals surface area contributed by atoms with Crippen molar-refractivity contribution in [1.82, 2.24) is 9.97 Å². The topological polar surface area (TPSA) is 63.8 Å². The number of hydrogen-bond donors (Lipinski definition) is 2. The number of anilines is 1. The van der Waals surface area contributed by atoms with Gasteiger partial charge in [-0.1, -0.05) is 0 Å². The summed E-state index contributed by atoms with van der Waals surface area (Å²) >= 11 is 0. The van der Waals surface area contributed by atoms with Crippen molar-refractivity contribution in [2.75, 3.05) is 11.9 Å². The molecule has 1 atom stereocenters. The van der Waals surface area contributed by atoms with Gasteiger partial charge in [-0.3, -0.25) is 0 Å². The highest BCUT2D eigenvalue weighted by Gasteiger charge is 2.31. The number of nitrogens with one attached hydrogen (secondary N) is 1. The fourth-order valence-electron chi connectivity index (χ4n) is 2.69. The molecule has 0 aromatic carbocycles. The molecule has 1 aromatic heterocycles. The van der Waals surface area contributed by atoms with E-state index < -0.39 is 0 Å². The van der Waals surface area contributed by atoms with Crippen LogP contribution in [0.25, 0.3) is 0 Å². The average Bonchev–Trinajstić information content (AvgIpc) is 3.20. The van der Waals surface area contributed by atoms with Crippen LogP contribution in [0.4, 0.5) is 5.82 Å². The second-order valence-electron chi connectivity index (χ2n) is 5.18. The largest absolute Gasteiger partial charge is 0.365 e. The summed E-state index contributed by atoms with van der Waals surface area (Å²) in [6.45, 7) is 0.698. The molecule has 1 saturated carbocycles. The predicted octanol–water partition coefficient (Wildman–Crippen LogP) is 1.50. The van der Waals surface area contributed by atoms with Crippen LogP contribution >= 0.6 is 0 Å². The van der Waals surface area contributed by atoms with Gasteiger partial charge in [0.05, 0.1) is 0 Å². The smallest absolute Gasteiger partial charge is 0.133 e. The summed E-state index contributed by atoms with van der Waals surface area (Å²) in [5.74, 6) is 1.80. The van der Waals surface area contributed by atoms with E-state index in [-0.39, 0.29) is 0 Å². The van der Waals surface area contributed by atoms with Gasteiger partial charge in [0, 0.05) is 23.8 Å². The molecule has 0 spiro atoms. The van der Waals surface area contributed by atoms with Crippen molar-refractivity contribution < 1.29 is 0 Å². The van der Waals surface area contributed by atoms with Gasteiger partial charge in [0.15, 0.2) is 0 Å². The van der Waals surface area contributed by atoms with Gasteiger partial charge in [0.1, 0.15) is 12.1 Å². The summed E-state index contributed by atoms with van der Waals surface area (Å²) in [4.78, 5) is 8.80. The lowest BCUT2D eigenvalue weighted by Gasteiger charge is -2.22. The summed E-state index contributed by atoms with van der Waals surface area (Å²) < 4.78 is 0. The number of rotatable bonds is 4. The molecule has 0 radical (unpaired) electrons. The van der Waals surface area contributed by atoms with Gasteiger partial charge in [0.25, 0.3) is 0 Å². The number of nitrogens with zero attached hydrogens (tertiary/aromatic N) is 2. The Balaban J connectivity index is 1.81. The zero-order chi connectivity index (χ0) is 11.7. The molecule has 2 aliphatic carbocycles. The molecule has 1 fully saturated rings. The lowest BCUT2D eigenvalue weighted by Crippen LogP contribution is -2.32. The predicted molar refractivity (Wildman–Crippen MR) is 67.9 cm³/mol. The summed E-state index contributed by atoms with van der Waals surface area (Å²) in [6.07, 6.45) is 9.03. The molecule has 4 heteroatoms. The molecule has 3 rings (SSSR count). The van der Waals surface area contributed by atoms with E-state index in [0.29, 0.717) is 12.6 Å². The molecule has 1 aromatic rings. The van der Waals surface area contributed by atoms with E-state index in [1.807, 2.05) is 0 Å². The zero-order valence-corrected chi connectivity index (χ0v) is 10.2. The fraction of sp³-hybridized carbons (Fsp3) is 0.692. The van der Waals surface area contributed by atoms with Gasteiger partial charge in [-0.15, -0.1) is 0 Å². The monoisotopic (exact) mass is 232 g/mol. The van der Waals surface area contributed by atoms with E-state index >= 15 is 0 Å². The maximum absolute atomic E-state index is 5.83. The number of aryl methyl sites for hydroxylation is 1. The molecule has 17 heavy (non-hydrogen) atoms. The van der Waals surface area contributed by atoms with Crippen LogP contribution in [0.2, 0.25) is 0 Å². The highest BCUT2D eigenvalue weighted by atomic mass is 15.1. The number of aromatic nitrogens is 2. The molecule has 0 saturated heterocycles. The first-order chi connectivity index (χ1) is 8.38. The van der Waals surface area contributed by atoms with Gasteiger partial charge in [0.2, 0.25) is 0 Å². The lowest BCUT2D eigenvalue weighted by atomic mass is 9.96. The van der Waals surface area contributed by atoms with Crippen molar-refractivity contribution in [3.05, 3.63) is 17.6 Å². The molecule has 2 aliphatic rings. The van der Waals surface area contributed by atoms with Crippen molar-refractivity contribution in [3.8, 4) is 0 Å². The van der Waals surface area contributed by atoms with Crippen LogP contribution < -0.4 is 11.1 Å². The second kappa shape index (κ2) is 4.61. The van der Waals surface area contributed by atoms with E-state index in [2.05, 4.69) is 15.3 Å². The Labute approximate surface area is 102 Å². The maximum Gasteiger partial charge on any atom is 0.133 e. The first kappa shape index (κ1) is 11.0. The van der Waals surface area contributed by atoms with Crippen LogP contribution in [0.1, 0.15) is 36.9 Å². The normalized spacial score (nSPS) is 20.8. The number of hydrogen-bond acceptors (Lipinski definition) is 4. The molecule has 3 N–H and O–H groups in total. The van der Waals surface area contributed by atoms with Gasteiger partial charge in [-0.05, 0) is 44.4 Å². The number of fused-ring (bicyclic) bond motifs is 1. The molecule has 4 nitrogen and oxygen atoms in total. The van der Waals surface area contributed by atoms with Gasteiger partial charge in [-0.2, -0.15) is 0 Å². The van der Waals surface area contributed by atoms with Crippen LogP contribution in [0, 0.1) is 5.92 Å². The minimum Gasteiger partial charge on any atom is -0.365 e. The Morgan fingerprint density at radius 2 is 2.12 bits per heavy atom. The van der Waals surface area contributed by atoms with Crippen molar-refractivity contribution >= 4 is 5.82 Å². The average molecular weight is 232 g/mol. The standard InChI is InChI=1S/C13H20N4/c14-7-12(9-5-6-9)17-13-10-3-1-2-4-11(10)15-8-16-13/h8-9,12H,1-7,14H2,(H,15,16,17). The Morgan fingerprint density at radius 1 is 1.29 bits per heavy atom. The molecular formula is C13H20N4. The van der Waals surface area contributed by atoms with E-state index in [9.17, 15) is 0 Å². The van der Waals surface area contributed by atoms with Crippen molar-refractivity contribution in [3.63, 3.8) is 0 Å². The zero-order valence-electron chi connectivity index (χ0n) is 10.2. The third kappa shape index (κ3) is 2.27. The summed E-state index contributed by atoms with van der Waals surface area (Å²) in [7, 11) is 0. The minimum atomic E-state index is 0.399. The van der Waals surface area contributed by atoms with Crippen LogP contribution in [0.3, 0.4) is 0 Å². The highest BCUT2D eigenvalue weighted by molar-refractivity contribution is 5.48. The summed E-state index contributed by atoms with van der Waals surface area (Å²) in [5.41, 5.74) is 8.40. The summed E-state index contributed by atoms with van der Waals surface area (Å²) in [5, 5.41) is 3.54. The van der Waals surface area contributed by atoms with E-state index in [1.165, 1.54) is 36.9 Å². The van der Waals surface area contributed by atoms with E-state index in [4.69, 9.17) is 5.73 Å². The Hall–Kier alpha value is -1.16. The number of nitrogens with two attached hydrogens (primary N) is 1. The Morgan fingerprint density at radius 3 is 2.88 bits per heavy atom. The first-order valence-corrected chi connectivity index (χ1v) is 6.68. The van der Waals surface area contributed by atoms with Crippen LogP contribution in [-0.4, -0.2) is 22.6 Å². The molecule has 0 bridgehead atoms. The lowest BCUT2D eigenvalue weighted by molar-refractivity contribution is 0.629. The molecule has 1 unspecified atom stereocenters.